The molecule has 0 bridgehead atoms. The van der Waals surface area contributed by atoms with Crippen LogP contribution in [0.1, 0.15) is 22.8 Å². The van der Waals surface area contributed by atoms with E-state index in [0.717, 1.165) is 17.1 Å². The molecule has 0 fully saturated rings. The molecule has 2 rings (SSSR count). The van der Waals surface area contributed by atoms with Crippen LogP contribution in [-0.4, -0.2) is 16.9 Å². The van der Waals surface area contributed by atoms with E-state index < -0.39 is 11.8 Å². The molecule has 8 heteroatoms. The number of carbonyl (C=O) groups excluding carboxylic acids is 1. The van der Waals surface area contributed by atoms with Gasteiger partial charge in [-0.05, 0) is 36.2 Å². The number of hydrogen-bond donors (Lipinski definition) is 2. The van der Waals surface area contributed by atoms with Gasteiger partial charge in [-0.15, -0.1) is 0 Å². The number of nitrogen functional groups attached to an aromatic ring is 1. The predicted molar refractivity (Wildman–Crippen MR) is 81.2 cm³/mol. The lowest BCUT2D eigenvalue weighted by molar-refractivity contribution is 0.0529. The lowest BCUT2D eigenvalue weighted by Gasteiger charge is -2.07. The molecule has 21 heavy (non-hydrogen) atoms. The maximum absolute atomic E-state index is 13.1. The molecular weight excluding hydrogens is 317 g/mol. The van der Waals surface area contributed by atoms with Crippen LogP contribution in [0, 0.1) is 5.82 Å². The molecule has 0 radical (unpaired) electrons. The Morgan fingerprint density at radius 3 is 3.00 bits per heavy atom. The van der Waals surface area contributed by atoms with Crippen molar-refractivity contribution in [2.24, 2.45) is 0 Å². The van der Waals surface area contributed by atoms with E-state index >= 15 is 0 Å². The second kappa shape index (κ2) is 6.73. The molecule has 0 aliphatic heterocycles. The topological polar surface area (TPSA) is 77.2 Å². The van der Waals surface area contributed by atoms with Crippen molar-refractivity contribution in [3.05, 3.63) is 40.2 Å². The van der Waals surface area contributed by atoms with Gasteiger partial charge in [0.15, 0.2) is 5.82 Å². The Labute approximate surface area is 130 Å². The summed E-state index contributed by atoms with van der Waals surface area (Å²) < 4.78 is 21.9. The number of nitrogens with zero attached hydrogens (tertiary/aromatic N) is 1. The number of benzene rings is 1. The molecule has 1 heterocycles. The van der Waals surface area contributed by atoms with Crippen LogP contribution in [0.5, 0.6) is 0 Å². The van der Waals surface area contributed by atoms with Gasteiger partial charge in [-0.2, -0.15) is 4.37 Å². The van der Waals surface area contributed by atoms with E-state index in [1.807, 2.05) is 0 Å². The van der Waals surface area contributed by atoms with E-state index in [0.29, 0.717) is 11.5 Å². The number of hydrogen-bond acceptors (Lipinski definition) is 6. The van der Waals surface area contributed by atoms with Crippen molar-refractivity contribution in [1.82, 2.24) is 4.37 Å². The molecule has 0 aliphatic rings. The molecule has 5 nitrogen and oxygen atoms in total. The molecular formula is C13H13ClFN3O2S. The fourth-order valence-electron chi connectivity index (χ4n) is 1.66. The SMILES string of the molecule is CCOC(=O)c1c(N)nsc1NCc1ccc(F)c(Cl)c1. The summed E-state index contributed by atoms with van der Waals surface area (Å²) in [6.45, 7) is 2.32. The van der Waals surface area contributed by atoms with Crippen molar-refractivity contribution in [2.75, 3.05) is 17.7 Å². The van der Waals surface area contributed by atoms with Gasteiger partial charge in [0.1, 0.15) is 16.4 Å². The lowest BCUT2D eigenvalue weighted by atomic mass is 10.2. The second-order valence-corrected chi connectivity index (χ2v) is 5.28. The fraction of sp³-hybridized carbons (Fsp3) is 0.231. The largest absolute Gasteiger partial charge is 0.462 e. The third-order valence-electron chi connectivity index (χ3n) is 2.64. The van der Waals surface area contributed by atoms with Crippen molar-refractivity contribution < 1.29 is 13.9 Å². The highest BCUT2D eigenvalue weighted by Crippen LogP contribution is 2.28. The second-order valence-electron chi connectivity index (χ2n) is 4.09. The van der Waals surface area contributed by atoms with Crippen LogP contribution < -0.4 is 11.1 Å². The standard InChI is InChI=1S/C13H13ClFN3O2S/c1-2-20-13(19)10-11(16)18-21-12(10)17-6-7-3-4-9(15)8(14)5-7/h3-5,17H,2,6H2,1H3,(H2,16,18). The van der Waals surface area contributed by atoms with Crippen molar-refractivity contribution in [1.29, 1.82) is 0 Å². The Bertz CT molecular complexity index is 663. The van der Waals surface area contributed by atoms with Gasteiger partial charge >= 0.3 is 5.97 Å². The molecule has 2 aromatic rings. The first-order chi connectivity index (χ1) is 10.0. The summed E-state index contributed by atoms with van der Waals surface area (Å²) in [5.74, 6) is -0.879. The van der Waals surface area contributed by atoms with Gasteiger partial charge in [-0.1, -0.05) is 17.7 Å². The normalized spacial score (nSPS) is 10.4. The van der Waals surface area contributed by atoms with Gasteiger partial charge in [0, 0.05) is 6.54 Å². The van der Waals surface area contributed by atoms with Crippen molar-refractivity contribution in [3.63, 3.8) is 0 Å². The minimum absolute atomic E-state index is 0.0451. The monoisotopic (exact) mass is 329 g/mol. The molecule has 112 valence electrons. The molecule has 0 aliphatic carbocycles. The highest BCUT2D eigenvalue weighted by molar-refractivity contribution is 7.11. The first kappa shape index (κ1) is 15.5. The summed E-state index contributed by atoms with van der Waals surface area (Å²) in [4.78, 5) is 11.8. The van der Waals surface area contributed by atoms with E-state index in [9.17, 15) is 9.18 Å². The Morgan fingerprint density at radius 2 is 2.33 bits per heavy atom. The molecule has 0 saturated heterocycles. The number of halogens is 2. The summed E-state index contributed by atoms with van der Waals surface area (Å²) in [5.41, 5.74) is 6.66. The summed E-state index contributed by atoms with van der Waals surface area (Å²) in [6.07, 6.45) is 0. The average molecular weight is 330 g/mol. The van der Waals surface area contributed by atoms with E-state index in [1.165, 1.54) is 12.1 Å². The van der Waals surface area contributed by atoms with E-state index in [-0.39, 0.29) is 23.0 Å². The zero-order valence-electron chi connectivity index (χ0n) is 11.2. The van der Waals surface area contributed by atoms with Crippen LogP contribution in [0.4, 0.5) is 15.2 Å². The van der Waals surface area contributed by atoms with Crippen molar-refractivity contribution in [3.8, 4) is 0 Å². The molecule has 0 amide bonds. The summed E-state index contributed by atoms with van der Waals surface area (Å²) in [7, 11) is 0. The van der Waals surface area contributed by atoms with Crippen LogP contribution in [0.25, 0.3) is 0 Å². The van der Waals surface area contributed by atoms with Crippen LogP contribution >= 0.6 is 23.1 Å². The van der Waals surface area contributed by atoms with Gasteiger partial charge in [-0.3, -0.25) is 0 Å². The lowest BCUT2D eigenvalue weighted by Crippen LogP contribution is -2.10. The Kier molecular flexibility index (Phi) is 4.98. The van der Waals surface area contributed by atoms with Crippen LogP contribution in [-0.2, 0) is 11.3 Å². The molecule has 0 atom stereocenters. The van der Waals surface area contributed by atoms with E-state index in [1.54, 1.807) is 13.0 Å². The predicted octanol–water partition coefficient (Wildman–Crippen LogP) is 3.31. The maximum Gasteiger partial charge on any atom is 0.344 e. The minimum Gasteiger partial charge on any atom is -0.462 e. The van der Waals surface area contributed by atoms with Crippen LogP contribution in [0.3, 0.4) is 0 Å². The number of rotatable bonds is 5. The number of ether oxygens (including phenoxy) is 1. The number of aromatic nitrogens is 1. The Morgan fingerprint density at radius 1 is 1.57 bits per heavy atom. The van der Waals surface area contributed by atoms with Crippen LogP contribution in [0.15, 0.2) is 18.2 Å². The highest BCUT2D eigenvalue weighted by Gasteiger charge is 2.20. The van der Waals surface area contributed by atoms with Gasteiger partial charge in [0.2, 0.25) is 0 Å². The van der Waals surface area contributed by atoms with Gasteiger partial charge in [0.25, 0.3) is 0 Å². The maximum atomic E-state index is 13.1. The zero-order chi connectivity index (χ0) is 15.4. The Balaban J connectivity index is 2.13. The molecule has 1 aromatic heterocycles. The van der Waals surface area contributed by atoms with E-state index in [4.69, 9.17) is 22.1 Å². The molecule has 3 N–H and O–H groups in total. The number of anilines is 2. The number of carbonyl (C=O) groups is 1. The van der Waals surface area contributed by atoms with Crippen LogP contribution in [0.2, 0.25) is 5.02 Å². The first-order valence-electron chi connectivity index (χ1n) is 6.13. The number of nitrogens with one attached hydrogen (secondary N) is 1. The van der Waals surface area contributed by atoms with Gasteiger partial charge < -0.3 is 15.8 Å². The Hall–Kier alpha value is -1.86. The highest BCUT2D eigenvalue weighted by atomic mass is 35.5. The molecule has 0 saturated carbocycles. The zero-order valence-corrected chi connectivity index (χ0v) is 12.7. The smallest absolute Gasteiger partial charge is 0.344 e. The van der Waals surface area contributed by atoms with E-state index in [2.05, 4.69) is 9.69 Å². The molecule has 0 spiro atoms. The summed E-state index contributed by atoms with van der Waals surface area (Å²) in [5, 5.41) is 3.58. The fourth-order valence-corrected chi connectivity index (χ4v) is 2.56. The quantitative estimate of drug-likeness (QED) is 0.823. The number of esters is 1. The molecule has 1 aromatic carbocycles. The minimum atomic E-state index is -0.525. The number of nitrogens with two attached hydrogens (primary N) is 1. The summed E-state index contributed by atoms with van der Waals surface area (Å²) in [6, 6.07) is 4.40. The van der Waals surface area contributed by atoms with Gasteiger partial charge in [-0.25, -0.2) is 9.18 Å². The van der Waals surface area contributed by atoms with Crippen molar-refractivity contribution in [2.45, 2.75) is 13.5 Å². The third kappa shape index (κ3) is 3.62. The van der Waals surface area contributed by atoms with Gasteiger partial charge in [0.05, 0.1) is 11.6 Å². The molecule has 0 unspecified atom stereocenters. The average Bonchev–Trinajstić information content (AvgIpc) is 2.81. The summed E-state index contributed by atoms with van der Waals surface area (Å²) >= 11 is 6.78. The first-order valence-corrected chi connectivity index (χ1v) is 7.28. The van der Waals surface area contributed by atoms with Crippen molar-refractivity contribution >= 4 is 39.9 Å². The third-order valence-corrected chi connectivity index (χ3v) is 3.74.